The van der Waals surface area contributed by atoms with Crippen LogP contribution in [0.1, 0.15) is 32.6 Å². The zero-order valence-corrected chi connectivity index (χ0v) is 9.12. The zero-order valence-electron chi connectivity index (χ0n) is 9.12. The molecule has 0 heterocycles. The molecule has 0 rings (SSSR count). The van der Waals surface area contributed by atoms with Gasteiger partial charge in [-0.1, -0.05) is 0 Å². The van der Waals surface area contributed by atoms with Gasteiger partial charge in [-0.2, -0.15) is 0 Å². The standard InChI is InChI=1S/C10H19NO4/c1-2-15-8-4-5-9(12)11-7-3-6-10(13)14/h2-8H2,1H3,(H,11,12)(H,13,14). The summed E-state index contributed by atoms with van der Waals surface area (Å²) in [6.45, 7) is 3.60. The predicted octanol–water partition coefficient (Wildman–Crippen LogP) is 0.784. The summed E-state index contributed by atoms with van der Waals surface area (Å²) in [5.74, 6) is -0.874. The van der Waals surface area contributed by atoms with Crippen LogP contribution in [0.4, 0.5) is 0 Å². The number of rotatable bonds is 9. The fourth-order valence-electron chi connectivity index (χ4n) is 1.03. The number of aliphatic carboxylic acids is 1. The molecule has 0 aliphatic heterocycles. The quantitative estimate of drug-likeness (QED) is 0.560. The van der Waals surface area contributed by atoms with Gasteiger partial charge < -0.3 is 15.2 Å². The Kier molecular flexibility index (Phi) is 8.76. The van der Waals surface area contributed by atoms with E-state index in [-0.39, 0.29) is 12.3 Å². The molecule has 0 aromatic heterocycles. The van der Waals surface area contributed by atoms with Gasteiger partial charge in [0.05, 0.1) is 0 Å². The second-order valence-corrected chi connectivity index (χ2v) is 3.15. The van der Waals surface area contributed by atoms with Crippen LogP contribution < -0.4 is 5.32 Å². The molecule has 5 heteroatoms. The van der Waals surface area contributed by atoms with E-state index in [1.165, 1.54) is 0 Å². The smallest absolute Gasteiger partial charge is 0.303 e. The van der Waals surface area contributed by atoms with Crippen LogP contribution in [-0.4, -0.2) is 36.7 Å². The van der Waals surface area contributed by atoms with Crippen molar-refractivity contribution >= 4 is 11.9 Å². The summed E-state index contributed by atoms with van der Waals surface area (Å²) in [5, 5.41) is 11.0. The number of amides is 1. The Balaban J connectivity index is 3.22. The van der Waals surface area contributed by atoms with Gasteiger partial charge in [-0.05, 0) is 19.8 Å². The monoisotopic (exact) mass is 217 g/mol. The van der Waals surface area contributed by atoms with Crippen molar-refractivity contribution in [3.8, 4) is 0 Å². The topological polar surface area (TPSA) is 75.6 Å². The van der Waals surface area contributed by atoms with Crippen LogP contribution >= 0.6 is 0 Å². The SMILES string of the molecule is CCOCCCC(=O)NCCCC(=O)O. The summed E-state index contributed by atoms with van der Waals surface area (Å²) in [5.41, 5.74) is 0. The number of hydrogen-bond acceptors (Lipinski definition) is 3. The van der Waals surface area contributed by atoms with Crippen molar-refractivity contribution in [1.29, 1.82) is 0 Å². The molecule has 1 amide bonds. The lowest BCUT2D eigenvalue weighted by atomic mass is 10.3. The minimum Gasteiger partial charge on any atom is -0.481 e. The van der Waals surface area contributed by atoms with Gasteiger partial charge in [0.15, 0.2) is 0 Å². The van der Waals surface area contributed by atoms with Crippen molar-refractivity contribution in [2.75, 3.05) is 19.8 Å². The van der Waals surface area contributed by atoms with Gasteiger partial charge in [0.25, 0.3) is 0 Å². The molecular formula is C10H19NO4. The molecule has 0 bridgehead atoms. The van der Waals surface area contributed by atoms with Gasteiger partial charge in [-0.25, -0.2) is 0 Å². The van der Waals surface area contributed by atoms with E-state index in [0.29, 0.717) is 39.0 Å². The Morgan fingerprint density at radius 1 is 1.27 bits per heavy atom. The number of carbonyl (C=O) groups is 2. The average molecular weight is 217 g/mol. The number of hydrogen-bond donors (Lipinski definition) is 2. The minimum absolute atomic E-state index is 0.0416. The molecule has 0 aromatic carbocycles. The molecule has 0 fully saturated rings. The third-order valence-electron chi connectivity index (χ3n) is 1.79. The maximum Gasteiger partial charge on any atom is 0.303 e. The van der Waals surface area contributed by atoms with Crippen LogP contribution in [0, 0.1) is 0 Å². The van der Waals surface area contributed by atoms with E-state index in [1.807, 2.05) is 6.92 Å². The third-order valence-corrected chi connectivity index (χ3v) is 1.79. The summed E-state index contributed by atoms with van der Waals surface area (Å²) >= 11 is 0. The summed E-state index contributed by atoms with van der Waals surface area (Å²) in [4.78, 5) is 21.3. The van der Waals surface area contributed by atoms with Crippen molar-refractivity contribution in [3.63, 3.8) is 0 Å². The van der Waals surface area contributed by atoms with Crippen molar-refractivity contribution in [3.05, 3.63) is 0 Å². The van der Waals surface area contributed by atoms with Crippen molar-refractivity contribution < 1.29 is 19.4 Å². The molecule has 2 N–H and O–H groups in total. The molecule has 0 aromatic rings. The van der Waals surface area contributed by atoms with E-state index < -0.39 is 5.97 Å². The van der Waals surface area contributed by atoms with Crippen molar-refractivity contribution in [2.24, 2.45) is 0 Å². The van der Waals surface area contributed by atoms with E-state index in [0.717, 1.165) is 0 Å². The molecule has 0 radical (unpaired) electrons. The lowest BCUT2D eigenvalue weighted by Gasteiger charge is -2.04. The van der Waals surface area contributed by atoms with Crippen LogP contribution in [0.5, 0.6) is 0 Å². The highest BCUT2D eigenvalue weighted by Gasteiger charge is 2.01. The third kappa shape index (κ3) is 10.8. The highest BCUT2D eigenvalue weighted by molar-refractivity contribution is 5.75. The molecule has 0 spiro atoms. The fourth-order valence-corrected chi connectivity index (χ4v) is 1.03. The summed E-state index contributed by atoms with van der Waals surface area (Å²) in [7, 11) is 0. The predicted molar refractivity (Wildman–Crippen MR) is 55.6 cm³/mol. The van der Waals surface area contributed by atoms with Crippen LogP contribution in [0.25, 0.3) is 0 Å². The molecule has 88 valence electrons. The Hall–Kier alpha value is -1.10. The highest BCUT2D eigenvalue weighted by Crippen LogP contribution is 1.91. The lowest BCUT2D eigenvalue weighted by Crippen LogP contribution is -2.24. The van der Waals surface area contributed by atoms with E-state index in [4.69, 9.17) is 9.84 Å². The summed E-state index contributed by atoms with van der Waals surface area (Å²) in [6.07, 6.45) is 1.72. The molecule has 0 aliphatic rings. The number of carbonyl (C=O) groups excluding carboxylic acids is 1. The number of nitrogens with one attached hydrogen (secondary N) is 1. The molecule has 0 saturated heterocycles. The summed E-state index contributed by atoms with van der Waals surface area (Å²) in [6, 6.07) is 0. The van der Waals surface area contributed by atoms with Crippen LogP contribution in [0.3, 0.4) is 0 Å². The number of ether oxygens (including phenoxy) is 1. The van der Waals surface area contributed by atoms with Crippen LogP contribution in [0.2, 0.25) is 0 Å². The van der Waals surface area contributed by atoms with Gasteiger partial charge in [-0.15, -0.1) is 0 Å². The zero-order chi connectivity index (χ0) is 11.5. The van der Waals surface area contributed by atoms with Crippen LogP contribution in [0.15, 0.2) is 0 Å². The molecular weight excluding hydrogens is 198 g/mol. The average Bonchev–Trinajstić information content (AvgIpc) is 2.19. The first-order valence-corrected chi connectivity index (χ1v) is 5.23. The lowest BCUT2D eigenvalue weighted by molar-refractivity contribution is -0.137. The van der Waals surface area contributed by atoms with Crippen molar-refractivity contribution in [2.45, 2.75) is 32.6 Å². The number of carboxylic acid groups (broad SMARTS) is 1. The minimum atomic E-state index is -0.833. The second kappa shape index (κ2) is 9.45. The van der Waals surface area contributed by atoms with Crippen molar-refractivity contribution in [1.82, 2.24) is 5.32 Å². The van der Waals surface area contributed by atoms with Gasteiger partial charge in [-0.3, -0.25) is 9.59 Å². The molecule has 0 aliphatic carbocycles. The largest absolute Gasteiger partial charge is 0.481 e. The van der Waals surface area contributed by atoms with Gasteiger partial charge in [0.2, 0.25) is 5.91 Å². The molecule has 0 unspecified atom stereocenters. The maximum absolute atomic E-state index is 11.1. The van der Waals surface area contributed by atoms with Gasteiger partial charge >= 0.3 is 5.97 Å². The Morgan fingerprint density at radius 2 is 2.00 bits per heavy atom. The Labute approximate surface area is 89.8 Å². The fraction of sp³-hybridized carbons (Fsp3) is 0.800. The van der Waals surface area contributed by atoms with Gasteiger partial charge in [0, 0.05) is 32.6 Å². The highest BCUT2D eigenvalue weighted by atomic mass is 16.5. The molecule has 15 heavy (non-hydrogen) atoms. The Morgan fingerprint density at radius 3 is 2.60 bits per heavy atom. The molecule has 5 nitrogen and oxygen atoms in total. The van der Waals surface area contributed by atoms with E-state index >= 15 is 0 Å². The number of carboxylic acids is 1. The first-order valence-electron chi connectivity index (χ1n) is 5.23. The molecule has 0 saturated carbocycles. The van der Waals surface area contributed by atoms with E-state index in [2.05, 4.69) is 5.32 Å². The van der Waals surface area contributed by atoms with Crippen LogP contribution in [-0.2, 0) is 14.3 Å². The first kappa shape index (κ1) is 13.9. The van der Waals surface area contributed by atoms with E-state index in [1.54, 1.807) is 0 Å². The maximum atomic E-state index is 11.1. The second-order valence-electron chi connectivity index (χ2n) is 3.15. The summed E-state index contributed by atoms with van der Waals surface area (Å²) < 4.78 is 5.08. The molecule has 0 atom stereocenters. The first-order chi connectivity index (χ1) is 7.16. The normalized spacial score (nSPS) is 9.93. The van der Waals surface area contributed by atoms with E-state index in [9.17, 15) is 9.59 Å². The Bertz CT molecular complexity index is 194. The van der Waals surface area contributed by atoms with Gasteiger partial charge in [0.1, 0.15) is 0 Å².